The number of benzene rings is 4. The predicted molar refractivity (Wildman–Crippen MR) is 154 cm³/mol. The summed E-state index contributed by atoms with van der Waals surface area (Å²) in [6, 6.07) is 38.3. The van der Waals surface area contributed by atoms with E-state index >= 15 is 0 Å². The summed E-state index contributed by atoms with van der Waals surface area (Å²) < 4.78 is 31.2. The fourth-order valence-corrected chi connectivity index (χ4v) is 4.75. The lowest BCUT2D eigenvalue weighted by Gasteiger charge is -2.33. The van der Waals surface area contributed by atoms with Crippen molar-refractivity contribution in [3.8, 4) is 5.75 Å². The molecule has 214 valence electrons. The highest BCUT2D eigenvalue weighted by Crippen LogP contribution is 2.29. The topological polar surface area (TPSA) is 86.6 Å². The van der Waals surface area contributed by atoms with Crippen molar-refractivity contribution >= 4 is 0 Å². The molecule has 1 heterocycles. The molecule has 1 aliphatic rings. The number of para-hydroxylation sites is 1. The Morgan fingerprint density at radius 2 is 1.00 bits per heavy atom. The average molecular weight is 557 g/mol. The lowest BCUT2D eigenvalue weighted by atomic mass is 10.00. The van der Waals surface area contributed by atoms with Crippen molar-refractivity contribution < 1.29 is 33.9 Å². The number of aliphatic hydroxyl groups is 2. The van der Waals surface area contributed by atoms with Gasteiger partial charge in [-0.2, -0.15) is 0 Å². The Bertz CT molecular complexity index is 1270. The van der Waals surface area contributed by atoms with E-state index in [9.17, 15) is 10.2 Å². The molecule has 4 aromatic carbocycles. The summed E-state index contributed by atoms with van der Waals surface area (Å²) >= 11 is 0. The van der Waals surface area contributed by atoms with Crippen LogP contribution < -0.4 is 4.74 Å². The van der Waals surface area contributed by atoms with Crippen LogP contribution in [0.1, 0.15) is 16.7 Å². The predicted octanol–water partition coefficient (Wildman–Crippen LogP) is 4.90. The summed E-state index contributed by atoms with van der Waals surface area (Å²) in [5.41, 5.74) is 2.89. The van der Waals surface area contributed by atoms with E-state index in [1.165, 1.54) is 0 Å². The molecular weight excluding hydrogens is 520 g/mol. The lowest BCUT2D eigenvalue weighted by molar-refractivity contribution is -0.206. The highest BCUT2D eigenvalue weighted by Gasteiger charge is 2.48. The molecule has 0 bridgehead atoms. The molecule has 6 atom stereocenters. The zero-order valence-electron chi connectivity index (χ0n) is 22.8. The molecule has 1 aliphatic heterocycles. The zero-order chi connectivity index (χ0) is 28.3. The molecule has 7 heteroatoms. The third kappa shape index (κ3) is 8.24. The summed E-state index contributed by atoms with van der Waals surface area (Å²) in [5, 5.41) is 22.8. The maximum absolute atomic E-state index is 11.5. The van der Waals surface area contributed by atoms with E-state index in [4.69, 9.17) is 23.7 Å². The van der Waals surface area contributed by atoms with Crippen LogP contribution in [-0.2, 0) is 38.8 Å². The van der Waals surface area contributed by atoms with E-state index in [2.05, 4.69) is 0 Å². The first kappa shape index (κ1) is 29.0. The monoisotopic (exact) mass is 556 g/mol. The molecule has 0 spiro atoms. The quantitative estimate of drug-likeness (QED) is 0.257. The molecule has 0 radical (unpaired) electrons. The first-order valence-electron chi connectivity index (χ1n) is 13.8. The number of aliphatic hydroxyl groups excluding tert-OH is 2. The van der Waals surface area contributed by atoms with E-state index in [1.54, 1.807) is 12.1 Å². The van der Waals surface area contributed by atoms with Gasteiger partial charge in [-0.05, 0) is 28.8 Å². The van der Waals surface area contributed by atoms with Gasteiger partial charge in [-0.15, -0.1) is 0 Å². The van der Waals surface area contributed by atoms with Gasteiger partial charge in [0.1, 0.15) is 36.3 Å². The second kappa shape index (κ2) is 14.9. The van der Waals surface area contributed by atoms with Crippen molar-refractivity contribution in [2.24, 2.45) is 0 Å². The Kier molecular flexibility index (Phi) is 10.5. The fourth-order valence-electron chi connectivity index (χ4n) is 4.75. The van der Waals surface area contributed by atoms with Crippen LogP contribution >= 0.6 is 0 Å². The third-order valence-corrected chi connectivity index (χ3v) is 6.92. The number of ether oxygens (including phenoxy) is 5. The first-order chi connectivity index (χ1) is 20.2. The average Bonchev–Trinajstić information content (AvgIpc) is 3.11. The van der Waals surface area contributed by atoms with Gasteiger partial charge in [0.15, 0.2) is 0 Å². The molecule has 0 aliphatic carbocycles. The first-order valence-corrected chi connectivity index (χ1v) is 13.8. The minimum Gasteiger partial charge on any atom is -0.462 e. The molecule has 2 N–H and O–H groups in total. The van der Waals surface area contributed by atoms with Crippen molar-refractivity contribution in [3.63, 3.8) is 0 Å². The molecule has 4 aromatic rings. The van der Waals surface area contributed by atoms with Gasteiger partial charge >= 0.3 is 0 Å². The highest BCUT2D eigenvalue weighted by atomic mass is 16.7. The van der Waals surface area contributed by atoms with Gasteiger partial charge in [-0.25, -0.2) is 0 Å². The number of rotatable bonds is 12. The normalized spacial score (nSPS) is 24.4. The van der Waals surface area contributed by atoms with Crippen LogP contribution in [0.2, 0.25) is 0 Å². The second-order valence-electron chi connectivity index (χ2n) is 9.98. The molecule has 1 saturated heterocycles. The van der Waals surface area contributed by atoms with Crippen molar-refractivity contribution in [3.05, 3.63) is 138 Å². The summed E-state index contributed by atoms with van der Waals surface area (Å²) in [6.45, 7) is 0.940. The molecule has 0 saturated carbocycles. The number of hydrogen-bond acceptors (Lipinski definition) is 7. The Hall–Kier alpha value is -3.56. The van der Waals surface area contributed by atoms with Crippen LogP contribution in [-0.4, -0.2) is 53.6 Å². The third-order valence-electron chi connectivity index (χ3n) is 6.92. The second-order valence-corrected chi connectivity index (χ2v) is 9.98. The van der Waals surface area contributed by atoms with Crippen molar-refractivity contribution in [2.45, 2.75) is 56.6 Å². The van der Waals surface area contributed by atoms with E-state index < -0.39 is 36.8 Å². The number of hydrogen-bond donors (Lipinski definition) is 2. The van der Waals surface area contributed by atoms with E-state index in [1.807, 2.05) is 109 Å². The SMILES string of the molecule is O[C@@H]1[C@H](Oc2ccccc2)O[C@H](COCc2ccccc2)[C@@H](OCc2ccccc2)[C@H](OCc2ccccc2)[C@@H]1O. The Labute approximate surface area is 240 Å². The maximum Gasteiger partial charge on any atom is 0.229 e. The van der Waals surface area contributed by atoms with Crippen molar-refractivity contribution in [1.29, 1.82) is 0 Å². The van der Waals surface area contributed by atoms with E-state index in [0.29, 0.717) is 12.4 Å². The van der Waals surface area contributed by atoms with Crippen LogP contribution in [0.15, 0.2) is 121 Å². The lowest BCUT2D eigenvalue weighted by Crippen LogP contribution is -2.50. The largest absolute Gasteiger partial charge is 0.462 e. The molecule has 0 aromatic heterocycles. The van der Waals surface area contributed by atoms with Gasteiger partial charge in [-0.1, -0.05) is 109 Å². The van der Waals surface area contributed by atoms with Gasteiger partial charge in [0, 0.05) is 0 Å². The summed E-state index contributed by atoms with van der Waals surface area (Å²) in [6.07, 6.45) is -6.44. The highest BCUT2D eigenvalue weighted by molar-refractivity contribution is 5.21. The van der Waals surface area contributed by atoms with Gasteiger partial charge < -0.3 is 33.9 Å². The molecule has 41 heavy (non-hydrogen) atoms. The molecular formula is C34H36O7. The zero-order valence-corrected chi connectivity index (χ0v) is 22.8. The maximum atomic E-state index is 11.5. The van der Waals surface area contributed by atoms with Gasteiger partial charge in [0.05, 0.1) is 26.4 Å². The minimum atomic E-state index is -1.42. The fraction of sp³-hybridized carbons (Fsp3) is 0.294. The van der Waals surface area contributed by atoms with Gasteiger partial charge in [0.25, 0.3) is 0 Å². The Morgan fingerprint density at radius 1 is 0.537 bits per heavy atom. The van der Waals surface area contributed by atoms with Crippen LogP contribution in [0, 0.1) is 0 Å². The van der Waals surface area contributed by atoms with Crippen LogP contribution in [0.4, 0.5) is 0 Å². The Balaban J connectivity index is 1.41. The smallest absolute Gasteiger partial charge is 0.229 e. The summed E-state index contributed by atoms with van der Waals surface area (Å²) in [7, 11) is 0. The van der Waals surface area contributed by atoms with Crippen LogP contribution in [0.25, 0.3) is 0 Å². The van der Waals surface area contributed by atoms with E-state index in [-0.39, 0.29) is 19.8 Å². The Morgan fingerprint density at radius 3 is 1.54 bits per heavy atom. The minimum absolute atomic E-state index is 0.119. The molecule has 0 amide bonds. The van der Waals surface area contributed by atoms with Gasteiger partial charge in [-0.3, -0.25) is 0 Å². The molecule has 5 rings (SSSR count). The molecule has 0 unspecified atom stereocenters. The summed E-state index contributed by atoms with van der Waals surface area (Å²) in [4.78, 5) is 0. The van der Waals surface area contributed by atoms with E-state index in [0.717, 1.165) is 16.7 Å². The standard InChI is InChI=1S/C34H36O7/c35-30-31(36)34(40-28-19-11-4-12-20-28)41-29(24-37-21-25-13-5-1-6-14-25)32(38-22-26-15-7-2-8-16-26)33(30)39-23-27-17-9-3-10-18-27/h1-20,29-36H,21-24H2/t29-,30-,31+,32-,33-,34-/m1/s1. The van der Waals surface area contributed by atoms with Crippen molar-refractivity contribution in [1.82, 2.24) is 0 Å². The molecule has 7 nitrogen and oxygen atoms in total. The van der Waals surface area contributed by atoms with Crippen LogP contribution in [0.5, 0.6) is 5.75 Å². The van der Waals surface area contributed by atoms with Crippen LogP contribution in [0.3, 0.4) is 0 Å². The summed E-state index contributed by atoms with van der Waals surface area (Å²) in [5.74, 6) is 0.498. The van der Waals surface area contributed by atoms with Crippen molar-refractivity contribution in [2.75, 3.05) is 6.61 Å². The molecule has 1 fully saturated rings. The van der Waals surface area contributed by atoms with Gasteiger partial charge in [0.2, 0.25) is 6.29 Å².